The van der Waals surface area contributed by atoms with Gasteiger partial charge in [0.1, 0.15) is 0 Å². The van der Waals surface area contributed by atoms with Gasteiger partial charge in [-0.05, 0) is 19.6 Å². The Balaban J connectivity index is 4.10. The van der Waals surface area contributed by atoms with Gasteiger partial charge in [0, 0.05) is 10.7 Å². The van der Waals surface area contributed by atoms with Gasteiger partial charge in [-0.15, -0.1) is 0 Å². The van der Waals surface area contributed by atoms with Gasteiger partial charge < -0.3 is 4.43 Å². The third-order valence-corrected chi connectivity index (χ3v) is 2.04. The zero-order valence-corrected chi connectivity index (χ0v) is 9.49. The van der Waals surface area contributed by atoms with Crippen LogP contribution in [0.4, 0.5) is 4.79 Å². The molecule has 0 aliphatic heterocycles. The minimum Gasteiger partial charge on any atom is -0.504 e. The van der Waals surface area contributed by atoms with Crippen molar-refractivity contribution in [2.24, 2.45) is 0 Å². The summed E-state index contributed by atoms with van der Waals surface area (Å²) in [5, 5.41) is 0. The first-order valence-corrected chi connectivity index (χ1v) is 8.77. The Morgan fingerprint density at radius 1 is 1.42 bits per heavy atom. The van der Waals surface area contributed by atoms with Crippen LogP contribution in [0.2, 0.25) is 19.6 Å². The highest BCUT2D eigenvalue weighted by Crippen LogP contribution is 2.03. The fourth-order valence-corrected chi connectivity index (χ4v) is 1.51. The van der Waals surface area contributed by atoms with Crippen molar-refractivity contribution in [1.29, 1.82) is 0 Å². The Bertz CT molecular complexity index is 269. The Labute approximate surface area is 76.7 Å². The molecular formula is C4H10ClNO4SSi. The molecule has 0 aromatic rings. The van der Waals surface area contributed by atoms with Crippen molar-refractivity contribution in [2.75, 3.05) is 0 Å². The fourth-order valence-electron chi connectivity index (χ4n) is 0.398. The van der Waals surface area contributed by atoms with Crippen LogP contribution >= 0.6 is 10.7 Å². The van der Waals surface area contributed by atoms with E-state index in [4.69, 9.17) is 15.1 Å². The zero-order chi connectivity index (χ0) is 9.99. The molecule has 12 heavy (non-hydrogen) atoms. The number of nitrogens with one attached hydrogen (secondary N) is 1. The lowest BCUT2D eigenvalue weighted by atomic mass is 11.3. The molecular weight excluding hydrogens is 222 g/mol. The Kier molecular flexibility index (Phi) is 3.54. The lowest BCUT2D eigenvalue weighted by Crippen LogP contribution is -2.37. The largest absolute Gasteiger partial charge is 0.504 e. The maximum Gasteiger partial charge on any atom is 0.408 e. The number of carbonyl (C=O) groups is 1. The molecule has 0 atom stereocenters. The second-order valence-corrected chi connectivity index (χ2v) is 9.77. The summed E-state index contributed by atoms with van der Waals surface area (Å²) in [4.78, 5) is 10.7. The van der Waals surface area contributed by atoms with Crippen molar-refractivity contribution in [3.8, 4) is 0 Å². The molecule has 5 nitrogen and oxygen atoms in total. The number of rotatable bonds is 2. The normalized spacial score (nSPS) is 12.3. The van der Waals surface area contributed by atoms with Crippen molar-refractivity contribution in [3.05, 3.63) is 0 Å². The van der Waals surface area contributed by atoms with E-state index in [2.05, 4.69) is 0 Å². The van der Waals surface area contributed by atoms with E-state index in [0.717, 1.165) is 0 Å². The molecule has 0 aliphatic carbocycles. The van der Waals surface area contributed by atoms with Gasteiger partial charge in [0.25, 0.3) is 0 Å². The molecule has 0 aromatic carbocycles. The molecule has 0 saturated carbocycles. The monoisotopic (exact) mass is 231 g/mol. The third kappa shape index (κ3) is 7.83. The molecule has 0 bridgehead atoms. The van der Waals surface area contributed by atoms with Crippen molar-refractivity contribution in [1.82, 2.24) is 4.72 Å². The van der Waals surface area contributed by atoms with Crippen LogP contribution in [0.1, 0.15) is 0 Å². The number of halogens is 1. The summed E-state index contributed by atoms with van der Waals surface area (Å²) in [6.07, 6.45) is -1.02. The lowest BCUT2D eigenvalue weighted by Gasteiger charge is -2.16. The molecule has 0 rings (SSSR count). The van der Waals surface area contributed by atoms with E-state index in [-0.39, 0.29) is 0 Å². The lowest BCUT2D eigenvalue weighted by molar-refractivity contribution is 0.205. The van der Waals surface area contributed by atoms with E-state index >= 15 is 0 Å². The first kappa shape index (κ1) is 11.7. The summed E-state index contributed by atoms with van der Waals surface area (Å²) >= 11 is 0. The van der Waals surface area contributed by atoms with Crippen LogP contribution in [0.15, 0.2) is 0 Å². The minimum atomic E-state index is -4.03. The van der Waals surface area contributed by atoms with Gasteiger partial charge in [0.15, 0.2) is 0 Å². The summed E-state index contributed by atoms with van der Waals surface area (Å²) in [6.45, 7) is 5.23. The molecule has 0 aliphatic rings. The first-order chi connectivity index (χ1) is 5.10. The Hall–Kier alpha value is -0.273. The maximum atomic E-state index is 10.7. The van der Waals surface area contributed by atoms with Crippen LogP contribution in [-0.2, 0) is 13.7 Å². The average Bonchev–Trinajstić information content (AvgIpc) is 1.49. The van der Waals surface area contributed by atoms with E-state index < -0.39 is 23.6 Å². The van der Waals surface area contributed by atoms with Gasteiger partial charge in [-0.2, -0.15) is 8.42 Å². The number of carbonyl (C=O) groups excluding carboxylic acids is 1. The van der Waals surface area contributed by atoms with E-state index in [1.807, 2.05) is 0 Å². The van der Waals surface area contributed by atoms with E-state index in [9.17, 15) is 13.2 Å². The average molecular weight is 232 g/mol. The van der Waals surface area contributed by atoms with Gasteiger partial charge in [-0.1, -0.05) is 0 Å². The summed E-state index contributed by atoms with van der Waals surface area (Å²) in [5.74, 6) is 0. The molecule has 72 valence electrons. The quantitative estimate of drug-likeness (QED) is 0.569. The molecule has 0 radical (unpaired) electrons. The van der Waals surface area contributed by atoms with Crippen LogP contribution in [0.5, 0.6) is 0 Å². The predicted molar refractivity (Wildman–Crippen MR) is 47.7 cm³/mol. The van der Waals surface area contributed by atoms with Crippen molar-refractivity contribution in [3.63, 3.8) is 0 Å². The molecule has 0 unspecified atom stereocenters. The van der Waals surface area contributed by atoms with Gasteiger partial charge in [0.2, 0.25) is 8.32 Å². The van der Waals surface area contributed by atoms with Crippen LogP contribution in [0.3, 0.4) is 0 Å². The van der Waals surface area contributed by atoms with E-state index in [1.54, 1.807) is 19.6 Å². The molecule has 8 heteroatoms. The highest BCUT2D eigenvalue weighted by Gasteiger charge is 2.22. The summed E-state index contributed by atoms with van der Waals surface area (Å²) < 4.78 is 26.8. The van der Waals surface area contributed by atoms with Gasteiger partial charge >= 0.3 is 15.3 Å². The third-order valence-electron chi connectivity index (χ3n) is 0.604. The van der Waals surface area contributed by atoms with E-state index in [0.29, 0.717) is 0 Å². The summed E-state index contributed by atoms with van der Waals surface area (Å²) in [6, 6.07) is 0. The van der Waals surface area contributed by atoms with Crippen LogP contribution in [-0.4, -0.2) is 22.8 Å². The second-order valence-electron chi connectivity index (χ2n) is 3.04. The van der Waals surface area contributed by atoms with Crippen LogP contribution in [0.25, 0.3) is 0 Å². The number of amides is 1. The SMILES string of the molecule is C[Si](C)(C)OC(=O)NS(=O)(=O)Cl. The predicted octanol–water partition coefficient (Wildman–Crippen LogP) is 1.03. The molecule has 1 N–H and O–H groups in total. The summed E-state index contributed by atoms with van der Waals surface area (Å²) in [5.41, 5.74) is 0. The van der Waals surface area contributed by atoms with Gasteiger partial charge in [-0.25, -0.2) is 9.52 Å². The highest BCUT2D eigenvalue weighted by molar-refractivity contribution is 8.12. The molecule has 0 heterocycles. The topological polar surface area (TPSA) is 72.5 Å². The van der Waals surface area contributed by atoms with Gasteiger partial charge in [0.05, 0.1) is 0 Å². The first-order valence-electron chi connectivity index (χ1n) is 3.05. The van der Waals surface area contributed by atoms with Gasteiger partial charge in [-0.3, -0.25) is 0 Å². The standard InChI is InChI=1S/C4H10ClNO4SSi/c1-12(2,3)10-4(7)6-11(5,8)9/h1-3H3,(H,6,7). The molecule has 0 aromatic heterocycles. The second kappa shape index (κ2) is 3.63. The molecule has 0 fully saturated rings. The summed E-state index contributed by atoms with van der Waals surface area (Å²) in [7, 11) is -1.35. The molecule has 0 saturated heterocycles. The van der Waals surface area contributed by atoms with Crippen molar-refractivity contribution < 1.29 is 17.6 Å². The van der Waals surface area contributed by atoms with E-state index in [1.165, 1.54) is 4.72 Å². The Morgan fingerprint density at radius 3 is 2.08 bits per heavy atom. The highest BCUT2D eigenvalue weighted by atomic mass is 35.7. The number of hydrogen-bond acceptors (Lipinski definition) is 4. The number of hydrogen-bond donors (Lipinski definition) is 1. The maximum absolute atomic E-state index is 10.7. The molecule has 0 spiro atoms. The Morgan fingerprint density at radius 2 is 1.83 bits per heavy atom. The molecule has 1 amide bonds. The smallest absolute Gasteiger partial charge is 0.408 e. The van der Waals surface area contributed by atoms with Crippen LogP contribution < -0.4 is 4.72 Å². The fraction of sp³-hybridized carbons (Fsp3) is 0.750. The van der Waals surface area contributed by atoms with Crippen LogP contribution in [0, 0.1) is 0 Å². The zero-order valence-electron chi connectivity index (χ0n) is 6.92. The van der Waals surface area contributed by atoms with Crippen molar-refractivity contribution in [2.45, 2.75) is 19.6 Å². The minimum absolute atomic E-state index is 1.02. The van der Waals surface area contributed by atoms with Crippen molar-refractivity contribution >= 4 is 34.3 Å².